The predicted molar refractivity (Wildman–Crippen MR) is 93.9 cm³/mol. The van der Waals surface area contributed by atoms with Gasteiger partial charge in [0.1, 0.15) is 11.5 Å². The van der Waals surface area contributed by atoms with E-state index >= 15 is 0 Å². The van der Waals surface area contributed by atoms with Gasteiger partial charge in [-0.15, -0.1) is 0 Å². The van der Waals surface area contributed by atoms with E-state index in [0.717, 1.165) is 11.4 Å². The van der Waals surface area contributed by atoms with Crippen LogP contribution in [0.15, 0.2) is 24.3 Å². The summed E-state index contributed by atoms with van der Waals surface area (Å²) in [7, 11) is 0. The van der Waals surface area contributed by atoms with E-state index in [4.69, 9.17) is 5.11 Å². The number of hydrogen-bond donors (Lipinski definition) is 1. The first-order valence-corrected chi connectivity index (χ1v) is 8.69. The molecule has 6 nitrogen and oxygen atoms in total. The fourth-order valence-corrected chi connectivity index (χ4v) is 3.45. The summed E-state index contributed by atoms with van der Waals surface area (Å²) in [5.41, 5.74) is 2.23. The number of nitrogens with zero attached hydrogens (tertiary/aromatic N) is 3. The average Bonchev–Trinajstić information content (AvgIpc) is 2.92. The van der Waals surface area contributed by atoms with E-state index in [2.05, 4.69) is 5.10 Å². The number of halogens is 1. The van der Waals surface area contributed by atoms with Gasteiger partial charge in [0.15, 0.2) is 0 Å². The van der Waals surface area contributed by atoms with Crippen LogP contribution in [0.2, 0.25) is 0 Å². The number of aliphatic carboxylic acids is 1. The van der Waals surface area contributed by atoms with Crippen LogP contribution in [0.5, 0.6) is 0 Å². The van der Waals surface area contributed by atoms with Crippen LogP contribution in [-0.4, -0.2) is 44.8 Å². The van der Waals surface area contributed by atoms with Gasteiger partial charge in [-0.1, -0.05) is 0 Å². The summed E-state index contributed by atoms with van der Waals surface area (Å²) in [6.45, 7) is 4.68. The van der Waals surface area contributed by atoms with Gasteiger partial charge in [-0.2, -0.15) is 5.10 Å². The van der Waals surface area contributed by atoms with Gasteiger partial charge < -0.3 is 10.0 Å². The SMILES string of the molecule is Cc1cc(C)n(-c2ccc(C(=O)N3CCC(CC(=O)O)CC3)cc2F)n1. The number of carbonyl (C=O) groups excluding carboxylic acids is 1. The van der Waals surface area contributed by atoms with Gasteiger partial charge in [0.25, 0.3) is 5.91 Å². The number of rotatable bonds is 4. The summed E-state index contributed by atoms with van der Waals surface area (Å²) in [6, 6.07) is 6.29. The summed E-state index contributed by atoms with van der Waals surface area (Å²) in [6.07, 6.45) is 1.45. The van der Waals surface area contributed by atoms with E-state index in [1.165, 1.54) is 10.7 Å². The lowest BCUT2D eigenvalue weighted by molar-refractivity contribution is -0.138. The Morgan fingerprint density at radius 3 is 2.46 bits per heavy atom. The number of aryl methyl sites for hydroxylation is 2. The first-order valence-electron chi connectivity index (χ1n) is 8.69. The number of carbonyl (C=O) groups is 2. The number of benzene rings is 1. The van der Waals surface area contributed by atoms with Crippen molar-refractivity contribution in [3.63, 3.8) is 0 Å². The van der Waals surface area contributed by atoms with Crippen molar-refractivity contribution < 1.29 is 19.1 Å². The zero-order valence-electron chi connectivity index (χ0n) is 14.9. The standard InChI is InChI=1S/C19H22FN3O3/c1-12-9-13(2)23(21-12)17-4-3-15(11-16(17)20)19(26)22-7-5-14(6-8-22)10-18(24)25/h3-4,9,11,14H,5-8,10H2,1-2H3,(H,24,25). The molecule has 1 fully saturated rings. The second-order valence-electron chi connectivity index (χ2n) is 6.84. The molecule has 0 spiro atoms. The molecule has 0 atom stereocenters. The zero-order chi connectivity index (χ0) is 18.8. The van der Waals surface area contributed by atoms with Gasteiger partial charge in [0, 0.05) is 30.8 Å². The van der Waals surface area contributed by atoms with E-state index in [9.17, 15) is 14.0 Å². The van der Waals surface area contributed by atoms with Crippen LogP contribution in [0.3, 0.4) is 0 Å². The number of likely N-dealkylation sites (tertiary alicyclic amines) is 1. The summed E-state index contributed by atoms with van der Waals surface area (Å²) in [4.78, 5) is 25.1. The highest BCUT2D eigenvalue weighted by molar-refractivity contribution is 5.94. The number of piperidine rings is 1. The van der Waals surface area contributed by atoms with Crippen molar-refractivity contribution >= 4 is 11.9 Å². The van der Waals surface area contributed by atoms with Gasteiger partial charge in [-0.05, 0) is 56.9 Å². The van der Waals surface area contributed by atoms with Gasteiger partial charge in [0.05, 0.1) is 5.69 Å². The van der Waals surface area contributed by atoms with Crippen molar-refractivity contribution in [2.75, 3.05) is 13.1 Å². The fraction of sp³-hybridized carbons (Fsp3) is 0.421. The van der Waals surface area contributed by atoms with Crippen LogP contribution >= 0.6 is 0 Å². The highest BCUT2D eigenvalue weighted by atomic mass is 19.1. The van der Waals surface area contributed by atoms with Crippen LogP contribution < -0.4 is 0 Å². The molecule has 1 aliphatic heterocycles. The van der Waals surface area contributed by atoms with Crippen LogP contribution in [0.1, 0.15) is 41.0 Å². The molecular formula is C19H22FN3O3. The third-order valence-corrected chi connectivity index (χ3v) is 4.80. The number of carboxylic acid groups (broad SMARTS) is 1. The Bertz CT molecular complexity index is 839. The molecule has 1 aromatic carbocycles. The maximum absolute atomic E-state index is 14.6. The molecule has 26 heavy (non-hydrogen) atoms. The molecule has 0 unspecified atom stereocenters. The number of hydrogen-bond acceptors (Lipinski definition) is 3. The van der Waals surface area contributed by atoms with E-state index < -0.39 is 11.8 Å². The zero-order valence-corrected chi connectivity index (χ0v) is 14.9. The Balaban J connectivity index is 1.72. The molecule has 1 aromatic heterocycles. The largest absolute Gasteiger partial charge is 0.481 e. The molecule has 3 rings (SSSR count). The quantitative estimate of drug-likeness (QED) is 0.911. The van der Waals surface area contributed by atoms with Crippen LogP contribution in [0, 0.1) is 25.6 Å². The van der Waals surface area contributed by atoms with Gasteiger partial charge in [-0.3, -0.25) is 9.59 Å². The molecule has 0 bridgehead atoms. The van der Waals surface area contributed by atoms with E-state index in [-0.39, 0.29) is 18.2 Å². The molecule has 2 aromatic rings. The number of aromatic nitrogens is 2. The lowest BCUT2D eigenvalue weighted by Gasteiger charge is -2.31. The van der Waals surface area contributed by atoms with Crippen molar-refractivity contribution in [2.24, 2.45) is 5.92 Å². The van der Waals surface area contributed by atoms with Crippen LogP contribution in [-0.2, 0) is 4.79 Å². The highest BCUT2D eigenvalue weighted by Crippen LogP contribution is 2.23. The molecule has 0 aliphatic carbocycles. The molecule has 0 saturated carbocycles. The summed E-state index contributed by atoms with van der Waals surface area (Å²) in [5, 5.41) is 13.1. The van der Waals surface area contributed by atoms with Gasteiger partial charge >= 0.3 is 5.97 Å². The maximum Gasteiger partial charge on any atom is 0.303 e. The second-order valence-corrected chi connectivity index (χ2v) is 6.84. The minimum atomic E-state index is -0.809. The van der Waals surface area contributed by atoms with Gasteiger partial charge in [0.2, 0.25) is 0 Å². The topological polar surface area (TPSA) is 75.4 Å². The molecule has 1 aliphatic rings. The monoisotopic (exact) mass is 359 g/mol. The first-order chi connectivity index (χ1) is 12.3. The average molecular weight is 359 g/mol. The molecule has 138 valence electrons. The Labute approximate surface area is 151 Å². The number of amides is 1. The van der Waals surface area contributed by atoms with Crippen LogP contribution in [0.25, 0.3) is 5.69 Å². The third-order valence-electron chi connectivity index (χ3n) is 4.80. The first kappa shape index (κ1) is 18.1. The van der Waals surface area contributed by atoms with E-state index in [0.29, 0.717) is 37.2 Å². The Morgan fingerprint density at radius 1 is 1.23 bits per heavy atom. The van der Waals surface area contributed by atoms with Crippen molar-refractivity contribution in [2.45, 2.75) is 33.1 Å². The maximum atomic E-state index is 14.6. The van der Waals surface area contributed by atoms with Crippen molar-refractivity contribution in [3.8, 4) is 5.69 Å². The minimum Gasteiger partial charge on any atom is -0.481 e. The lowest BCUT2D eigenvalue weighted by atomic mass is 9.93. The third kappa shape index (κ3) is 3.76. The lowest BCUT2D eigenvalue weighted by Crippen LogP contribution is -2.39. The fourth-order valence-electron chi connectivity index (χ4n) is 3.45. The van der Waals surface area contributed by atoms with Crippen molar-refractivity contribution in [3.05, 3.63) is 47.0 Å². The molecule has 7 heteroatoms. The number of carboxylic acids is 1. The summed E-state index contributed by atoms with van der Waals surface area (Å²) >= 11 is 0. The summed E-state index contributed by atoms with van der Waals surface area (Å²) < 4.78 is 16.1. The van der Waals surface area contributed by atoms with Crippen molar-refractivity contribution in [1.29, 1.82) is 0 Å². The Morgan fingerprint density at radius 2 is 1.92 bits per heavy atom. The van der Waals surface area contributed by atoms with E-state index in [1.807, 2.05) is 19.9 Å². The molecule has 1 saturated heterocycles. The molecule has 0 radical (unpaired) electrons. The van der Waals surface area contributed by atoms with Crippen molar-refractivity contribution in [1.82, 2.24) is 14.7 Å². The minimum absolute atomic E-state index is 0.0988. The second kappa shape index (κ2) is 7.27. The Kier molecular flexibility index (Phi) is 5.06. The van der Waals surface area contributed by atoms with E-state index in [1.54, 1.807) is 17.0 Å². The summed E-state index contributed by atoms with van der Waals surface area (Å²) in [5.74, 6) is -1.43. The normalized spacial score (nSPS) is 15.3. The van der Waals surface area contributed by atoms with Crippen LogP contribution in [0.4, 0.5) is 4.39 Å². The smallest absolute Gasteiger partial charge is 0.303 e. The predicted octanol–water partition coefficient (Wildman–Crippen LogP) is 2.96. The molecule has 1 N–H and O–H groups in total. The Hall–Kier alpha value is -2.70. The molecule has 1 amide bonds. The molecule has 2 heterocycles. The van der Waals surface area contributed by atoms with Gasteiger partial charge in [-0.25, -0.2) is 9.07 Å². The highest BCUT2D eigenvalue weighted by Gasteiger charge is 2.25. The molecular weight excluding hydrogens is 337 g/mol.